The van der Waals surface area contributed by atoms with Crippen molar-refractivity contribution < 1.29 is 18.0 Å². The largest absolute Gasteiger partial charge is 0.412 e. The summed E-state index contributed by atoms with van der Waals surface area (Å²) >= 11 is 0. The van der Waals surface area contributed by atoms with Gasteiger partial charge in [0.2, 0.25) is 5.91 Å². The van der Waals surface area contributed by atoms with Crippen LogP contribution in [0.3, 0.4) is 0 Å². The Hall–Kier alpha value is -0.820. The first kappa shape index (κ1) is 13.2. The molecule has 0 aromatic rings. The van der Waals surface area contributed by atoms with Crippen LogP contribution in [-0.4, -0.2) is 68.2 Å². The molecule has 0 spiro atoms. The lowest BCUT2D eigenvalue weighted by molar-refractivity contribution is -0.190. The van der Waals surface area contributed by atoms with Crippen LogP contribution < -0.4 is 5.32 Å². The van der Waals surface area contributed by atoms with Gasteiger partial charge in [-0.1, -0.05) is 0 Å². The SMILES string of the molecule is CN(C)[C@H](C(=O)N1CC[N]CC1)C(F)(F)F. The van der Waals surface area contributed by atoms with Gasteiger partial charge in [-0.2, -0.15) is 13.2 Å². The van der Waals surface area contributed by atoms with Crippen molar-refractivity contribution in [1.82, 2.24) is 15.1 Å². The molecular formula is C9H15F3N3O. The molecule has 1 rings (SSSR count). The molecule has 1 aliphatic rings. The minimum Gasteiger partial charge on any atom is -0.338 e. The van der Waals surface area contributed by atoms with Crippen LogP contribution in [-0.2, 0) is 4.79 Å². The van der Waals surface area contributed by atoms with E-state index in [1.807, 2.05) is 0 Å². The Kier molecular flexibility index (Phi) is 4.15. The quantitative estimate of drug-likeness (QED) is 0.675. The van der Waals surface area contributed by atoms with Gasteiger partial charge < -0.3 is 4.90 Å². The van der Waals surface area contributed by atoms with Crippen molar-refractivity contribution >= 4 is 5.91 Å². The van der Waals surface area contributed by atoms with Crippen LogP contribution >= 0.6 is 0 Å². The Balaban J connectivity index is 2.74. The zero-order valence-corrected chi connectivity index (χ0v) is 9.29. The molecular weight excluding hydrogens is 223 g/mol. The number of carbonyl (C=O) groups excluding carboxylic acids is 1. The van der Waals surface area contributed by atoms with Gasteiger partial charge in [-0.3, -0.25) is 9.69 Å². The van der Waals surface area contributed by atoms with Crippen LogP contribution in [0.5, 0.6) is 0 Å². The lowest BCUT2D eigenvalue weighted by Gasteiger charge is -2.33. The summed E-state index contributed by atoms with van der Waals surface area (Å²) < 4.78 is 38.0. The Bertz CT molecular complexity index is 249. The first-order chi connectivity index (χ1) is 7.34. The van der Waals surface area contributed by atoms with Gasteiger partial charge in [-0.05, 0) is 14.1 Å². The third-order valence-electron chi connectivity index (χ3n) is 2.43. The maximum absolute atomic E-state index is 12.7. The molecule has 93 valence electrons. The number of halogens is 3. The molecule has 1 fully saturated rings. The highest BCUT2D eigenvalue weighted by atomic mass is 19.4. The summed E-state index contributed by atoms with van der Waals surface area (Å²) in [6.07, 6.45) is -4.53. The molecule has 1 heterocycles. The van der Waals surface area contributed by atoms with E-state index in [0.717, 1.165) is 4.90 Å². The summed E-state index contributed by atoms with van der Waals surface area (Å²) in [7, 11) is 2.51. The first-order valence-electron chi connectivity index (χ1n) is 4.99. The topological polar surface area (TPSA) is 37.7 Å². The number of rotatable bonds is 2. The van der Waals surface area contributed by atoms with E-state index < -0.39 is 18.1 Å². The lowest BCUT2D eigenvalue weighted by atomic mass is 10.2. The van der Waals surface area contributed by atoms with Gasteiger partial charge in [0.05, 0.1) is 0 Å². The Morgan fingerprint density at radius 1 is 1.31 bits per heavy atom. The molecule has 1 saturated heterocycles. The van der Waals surface area contributed by atoms with Crippen LogP contribution in [0.1, 0.15) is 0 Å². The number of piperazine rings is 1. The summed E-state index contributed by atoms with van der Waals surface area (Å²) in [6.45, 7) is 1.39. The second-order valence-corrected chi connectivity index (χ2v) is 3.90. The molecule has 7 heteroatoms. The minimum absolute atomic E-state index is 0.277. The molecule has 0 aromatic heterocycles. The fraction of sp³-hybridized carbons (Fsp3) is 0.889. The minimum atomic E-state index is -4.53. The number of likely N-dealkylation sites (N-methyl/N-ethyl adjacent to an activating group) is 1. The summed E-state index contributed by atoms with van der Waals surface area (Å²) in [4.78, 5) is 13.8. The second-order valence-electron chi connectivity index (χ2n) is 3.90. The number of hydrogen-bond donors (Lipinski definition) is 0. The average Bonchev–Trinajstić information content (AvgIpc) is 2.16. The van der Waals surface area contributed by atoms with Gasteiger partial charge in [0, 0.05) is 26.2 Å². The number of hydrogen-bond acceptors (Lipinski definition) is 2. The van der Waals surface area contributed by atoms with Crippen LogP contribution in [0.4, 0.5) is 13.2 Å². The summed E-state index contributed by atoms with van der Waals surface area (Å²) in [6, 6.07) is -2.05. The van der Waals surface area contributed by atoms with Crippen LogP contribution in [0, 0.1) is 0 Å². The van der Waals surface area contributed by atoms with Crippen molar-refractivity contribution in [2.24, 2.45) is 0 Å². The normalized spacial score (nSPS) is 20.0. The van der Waals surface area contributed by atoms with Gasteiger partial charge in [-0.15, -0.1) is 0 Å². The standard InChI is InChI=1S/C9H15F3N3O/c1-14(2)7(9(10,11)12)8(16)15-5-3-13-4-6-15/h7H,3-6H2,1-2H3/t7-/m1/s1. The van der Waals surface area contributed by atoms with Crippen LogP contribution in [0.25, 0.3) is 0 Å². The molecule has 1 atom stereocenters. The molecule has 0 aromatic carbocycles. The third kappa shape index (κ3) is 3.08. The predicted octanol–water partition coefficient (Wildman–Crippen LogP) is -0.0745. The average molecular weight is 238 g/mol. The van der Waals surface area contributed by atoms with E-state index in [-0.39, 0.29) is 13.1 Å². The second kappa shape index (κ2) is 5.01. The zero-order valence-electron chi connectivity index (χ0n) is 9.29. The van der Waals surface area contributed by atoms with Gasteiger partial charge in [-0.25, -0.2) is 5.32 Å². The van der Waals surface area contributed by atoms with Crippen LogP contribution in [0.2, 0.25) is 0 Å². The lowest BCUT2D eigenvalue weighted by Crippen LogP contribution is -2.56. The number of carbonyl (C=O) groups is 1. The van der Waals surface area contributed by atoms with Crippen molar-refractivity contribution in [3.8, 4) is 0 Å². The molecule has 0 aliphatic carbocycles. The third-order valence-corrected chi connectivity index (χ3v) is 2.43. The number of alkyl halides is 3. The Morgan fingerprint density at radius 3 is 2.19 bits per heavy atom. The smallest absolute Gasteiger partial charge is 0.338 e. The number of amides is 1. The van der Waals surface area contributed by atoms with Crippen molar-refractivity contribution in [1.29, 1.82) is 0 Å². The molecule has 0 saturated carbocycles. The monoisotopic (exact) mass is 238 g/mol. The van der Waals surface area contributed by atoms with Crippen molar-refractivity contribution in [3.63, 3.8) is 0 Å². The first-order valence-corrected chi connectivity index (χ1v) is 4.99. The molecule has 0 N–H and O–H groups in total. The highest BCUT2D eigenvalue weighted by Crippen LogP contribution is 2.25. The maximum atomic E-state index is 12.7. The Morgan fingerprint density at radius 2 is 1.81 bits per heavy atom. The summed E-state index contributed by atoms with van der Waals surface area (Å²) in [5, 5.41) is 3.99. The summed E-state index contributed by atoms with van der Waals surface area (Å²) in [5.41, 5.74) is 0. The molecule has 1 radical (unpaired) electrons. The molecule has 1 amide bonds. The van der Waals surface area contributed by atoms with Crippen LogP contribution in [0.15, 0.2) is 0 Å². The molecule has 4 nitrogen and oxygen atoms in total. The van der Waals surface area contributed by atoms with Gasteiger partial charge in [0.15, 0.2) is 6.04 Å². The van der Waals surface area contributed by atoms with E-state index >= 15 is 0 Å². The highest BCUT2D eigenvalue weighted by molar-refractivity contribution is 5.82. The fourth-order valence-corrected chi connectivity index (χ4v) is 1.65. The van der Waals surface area contributed by atoms with E-state index in [0.29, 0.717) is 13.1 Å². The van der Waals surface area contributed by atoms with E-state index in [1.165, 1.54) is 19.0 Å². The van der Waals surface area contributed by atoms with Gasteiger partial charge >= 0.3 is 6.18 Å². The van der Waals surface area contributed by atoms with Crippen molar-refractivity contribution in [3.05, 3.63) is 0 Å². The molecule has 0 bridgehead atoms. The summed E-state index contributed by atoms with van der Waals surface area (Å²) in [5.74, 6) is -0.882. The predicted molar refractivity (Wildman–Crippen MR) is 52.0 cm³/mol. The van der Waals surface area contributed by atoms with E-state index in [1.54, 1.807) is 0 Å². The van der Waals surface area contributed by atoms with E-state index in [9.17, 15) is 18.0 Å². The maximum Gasteiger partial charge on any atom is 0.412 e. The Labute approximate surface area is 92.4 Å². The number of nitrogens with zero attached hydrogens (tertiary/aromatic N) is 3. The van der Waals surface area contributed by atoms with Crippen molar-refractivity contribution in [2.75, 3.05) is 40.3 Å². The van der Waals surface area contributed by atoms with E-state index in [2.05, 4.69) is 5.32 Å². The molecule has 16 heavy (non-hydrogen) atoms. The van der Waals surface area contributed by atoms with E-state index in [4.69, 9.17) is 0 Å². The van der Waals surface area contributed by atoms with Gasteiger partial charge in [0.25, 0.3) is 0 Å². The highest BCUT2D eigenvalue weighted by Gasteiger charge is 2.48. The molecule has 0 unspecified atom stereocenters. The fourth-order valence-electron chi connectivity index (χ4n) is 1.65. The molecule has 1 aliphatic heterocycles. The van der Waals surface area contributed by atoms with Gasteiger partial charge in [0.1, 0.15) is 0 Å². The zero-order chi connectivity index (χ0) is 12.3. The van der Waals surface area contributed by atoms with Crippen molar-refractivity contribution in [2.45, 2.75) is 12.2 Å².